The number of nitrogens with zero attached hydrogens (tertiary/aromatic N) is 2. The fraction of sp³-hybridized carbons (Fsp3) is 0.846. The number of hydrogen-bond donors (Lipinski definition) is 1. The lowest BCUT2D eigenvalue weighted by atomic mass is 9.82. The Hall–Kier alpha value is -0.900. The Morgan fingerprint density at radius 2 is 1.82 bits per heavy atom. The minimum absolute atomic E-state index is 0.485. The normalized spacial score (nSPS) is 30.2. The second-order valence-electron chi connectivity index (χ2n) is 5.57. The summed E-state index contributed by atoms with van der Waals surface area (Å²) in [6, 6.07) is 0. The highest BCUT2D eigenvalue weighted by atomic mass is 16.5. The van der Waals surface area contributed by atoms with Gasteiger partial charge in [0.25, 0.3) is 0 Å². The molecule has 0 amide bonds. The van der Waals surface area contributed by atoms with Gasteiger partial charge in [0.2, 0.25) is 5.89 Å². The first kappa shape index (κ1) is 11.2. The number of hydrogen-bond acceptors (Lipinski definition) is 4. The molecule has 0 saturated heterocycles. The van der Waals surface area contributed by atoms with E-state index in [1.54, 1.807) is 0 Å². The van der Waals surface area contributed by atoms with Crippen LogP contribution in [0.5, 0.6) is 0 Å². The molecule has 0 aromatic carbocycles. The molecule has 1 aromatic rings. The van der Waals surface area contributed by atoms with Crippen LogP contribution in [0, 0.1) is 5.92 Å². The van der Waals surface area contributed by atoms with E-state index < -0.39 is 0 Å². The molecule has 0 unspecified atom stereocenters. The molecule has 94 valence electrons. The summed E-state index contributed by atoms with van der Waals surface area (Å²) in [6.07, 6.45) is 8.53. The van der Waals surface area contributed by atoms with E-state index in [9.17, 15) is 0 Å². The standard InChI is InChI=1S/C13H21N3O/c14-8-9-4-6-11(7-5-9)13-15-12(16-17-13)10-2-1-3-10/h9-11H,1-8,14H2. The monoisotopic (exact) mass is 235 g/mol. The van der Waals surface area contributed by atoms with Gasteiger partial charge in [-0.05, 0) is 51.0 Å². The van der Waals surface area contributed by atoms with Gasteiger partial charge in [-0.1, -0.05) is 11.6 Å². The van der Waals surface area contributed by atoms with Crippen LogP contribution >= 0.6 is 0 Å². The van der Waals surface area contributed by atoms with Gasteiger partial charge in [0.15, 0.2) is 5.82 Å². The van der Waals surface area contributed by atoms with E-state index in [0.717, 1.165) is 31.1 Å². The van der Waals surface area contributed by atoms with Crippen molar-refractivity contribution in [3.8, 4) is 0 Å². The van der Waals surface area contributed by atoms with E-state index in [0.29, 0.717) is 17.8 Å². The average Bonchev–Trinajstić information content (AvgIpc) is 2.76. The van der Waals surface area contributed by atoms with Gasteiger partial charge in [-0.15, -0.1) is 0 Å². The molecule has 17 heavy (non-hydrogen) atoms. The molecule has 3 rings (SSSR count). The highest BCUT2D eigenvalue weighted by Crippen LogP contribution is 2.38. The van der Waals surface area contributed by atoms with Gasteiger partial charge in [-0.3, -0.25) is 0 Å². The maximum absolute atomic E-state index is 5.71. The predicted octanol–water partition coefficient (Wildman–Crippen LogP) is 2.57. The van der Waals surface area contributed by atoms with Gasteiger partial charge in [0.05, 0.1) is 0 Å². The minimum Gasteiger partial charge on any atom is -0.339 e. The van der Waals surface area contributed by atoms with Crippen LogP contribution in [0.15, 0.2) is 4.52 Å². The van der Waals surface area contributed by atoms with Gasteiger partial charge in [0.1, 0.15) is 0 Å². The maximum atomic E-state index is 5.71. The minimum atomic E-state index is 0.485. The van der Waals surface area contributed by atoms with Gasteiger partial charge in [-0.2, -0.15) is 4.98 Å². The second-order valence-corrected chi connectivity index (χ2v) is 5.57. The summed E-state index contributed by atoms with van der Waals surface area (Å²) in [5, 5.41) is 4.14. The first-order chi connectivity index (χ1) is 8.36. The number of aromatic nitrogens is 2. The van der Waals surface area contributed by atoms with Crippen LogP contribution in [0.3, 0.4) is 0 Å². The summed E-state index contributed by atoms with van der Waals surface area (Å²) in [5.74, 6) is 3.60. The van der Waals surface area contributed by atoms with Gasteiger partial charge in [-0.25, -0.2) is 0 Å². The maximum Gasteiger partial charge on any atom is 0.229 e. The molecule has 4 nitrogen and oxygen atoms in total. The average molecular weight is 235 g/mol. The Balaban J connectivity index is 1.62. The third-order valence-electron chi connectivity index (χ3n) is 4.46. The van der Waals surface area contributed by atoms with Crippen LogP contribution < -0.4 is 5.73 Å². The molecule has 0 spiro atoms. The summed E-state index contributed by atoms with van der Waals surface area (Å²) in [4.78, 5) is 4.60. The molecule has 1 heterocycles. The van der Waals surface area contributed by atoms with E-state index in [1.165, 1.54) is 32.1 Å². The SMILES string of the molecule is NCC1CCC(c2nc(C3CCC3)no2)CC1. The van der Waals surface area contributed by atoms with Crippen LogP contribution in [-0.2, 0) is 0 Å². The molecular weight excluding hydrogens is 214 g/mol. The topological polar surface area (TPSA) is 64.9 Å². The van der Waals surface area contributed by atoms with Crippen LogP contribution in [0.25, 0.3) is 0 Å². The molecule has 0 aliphatic heterocycles. The Bertz CT molecular complexity index is 364. The molecule has 2 N–H and O–H groups in total. The molecule has 0 bridgehead atoms. The highest BCUT2D eigenvalue weighted by Gasteiger charge is 2.29. The highest BCUT2D eigenvalue weighted by molar-refractivity contribution is 5.03. The molecule has 0 atom stereocenters. The van der Waals surface area contributed by atoms with E-state index >= 15 is 0 Å². The van der Waals surface area contributed by atoms with E-state index in [4.69, 9.17) is 10.3 Å². The summed E-state index contributed by atoms with van der Waals surface area (Å²) in [5.41, 5.74) is 5.71. The Morgan fingerprint density at radius 1 is 1.06 bits per heavy atom. The third-order valence-corrected chi connectivity index (χ3v) is 4.46. The zero-order valence-electron chi connectivity index (χ0n) is 10.3. The Labute approximate surface area is 102 Å². The predicted molar refractivity (Wildman–Crippen MR) is 64.6 cm³/mol. The quantitative estimate of drug-likeness (QED) is 0.874. The molecule has 1 aromatic heterocycles. The van der Waals surface area contributed by atoms with Gasteiger partial charge >= 0.3 is 0 Å². The van der Waals surface area contributed by atoms with Crippen LogP contribution in [-0.4, -0.2) is 16.7 Å². The lowest BCUT2D eigenvalue weighted by Crippen LogP contribution is -2.20. The first-order valence-electron chi connectivity index (χ1n) is 6.90. The van der Waals surface area contributed by atoms with Crippen LogP contribution in [0.2, 0.25) is 0 Å². The first-order valence-corrected chi connectivity index (χ1v) is 6.90. The van der Waals surface area contributed by atoms with Gasteiger partial charge in [0, 0.05) is 11.8 Å². The fourth-order valence-corrected chi connectivity index (χ4v) is 2.89. The lowest BCUT2D eigenvalue weighted by molar-refractivity contribution is 0.272. The van der Waals surface area contributed by atoms with Crippen molar-refractivity contribution in [2.24, 2.45) is 11.7 Å². The molecule has 2 aliphatic carbocycles. The lowest BCUT2D eigenvalue weighted by Gasteiger charge is -2.25. The molecular formula is C13H21N3O. The molecule has 2 saturated carbocycles. The van der Waals surface area contributed by atoms with Gasteiger partial charge < -0.3 is 10.3 Å². The molecule has 2 aliphatic rings. The van der Waals surface area contributed by atoms with Crippen molar-refractivity contribution in [3.05, 3.63) is 11.7 Å². The summed E-state index contributed by atoms with van der Waals surface area (Å²) in [7, 11) is 0. The molecule has 4 heteroatoms. The van der Waals surface area contributed by atoms with Crippen molar-refractivity contribution in [2.75, 3.05) is 6.54 Å². The van der Waals surface area contributed by atoms with Crippen molar-refractivity contribution in [1.29, 1.82) is 0 Å². The Kier molecular flexibility index (Phi) is 3.14. The summed E-state index contributed by atoms with van der Waals surface area (Å²) >= 11 is 0. The zero-order chi connectivity index (χ0) is 11.7. The third kappa shape index (κ3) is 2.23. The molecule has 0 radical (unpaired) electrons. The van der Waals surface area contributed by atoms with Crippen LogP contribution in [0.1, 0.15) is 68.5 Å². The number of rotatable bonds is 3. The summed E-state index contributed by atoms with van der Waals surface area (Å²) in [6.45, 7) is 0.823. The van der Waals surface area contributed by atoms with Crippen molar-refractivity contribution < 1.29 is 4.52 Å². The van der Waals surface area contributed by atoms with Crippen molar-refractivity contribution in [2.45, 2.75) is 56.8 Å². The van der Waals surface area contributed by atoms with Crippen molar-refractivity contribution >= 4 is 0 Å². The smallest absolute Gasteiger partial charge is 0.229 e. The fourth-order valence-electron chi connectivity index (χ4n) is 2.89. The Morgan fingerprint density at radius 3 is 2.41 bits per heavy atom. The largest absolute Gasteiger partial charge is 0.339 e. The van der Waals surface area contributed by atoms with Crippen molar-refractivity contribution in [3.63, 3.8) is 0 Å². The van der Waals surface area contributed by atoms with E-state index in [2.05, 4.69) is 10.1 Å². The van der Waals surface area contributed by atoms with E-state index in [1.807, 2.05) is 0 Å². The summed E-state index contributed by atoms with van der Waals surface area (Å²) < 4.78 is 5.44. The number of nitrogens with two attached hydrogens (primary N) is 1. The van der Waals surface area contributed by atoms with Crippen molar-refractivity contribution in [1.82, 2.24) is 10.1 Å². The zero-order valence-corrected chi connectivity index (χ0v) is 10.3. The van der Waals surface area contributed by atoms with E-state index in [-0.39, 0.29) is 0 Å². The van der Waals surface area contributed by atoms with Crippen LogP contribution in [0.4, 0.5) is 0 Å². The molecule has 2 fully saturated rings. The second kappa shape index (κ2) is 4.77.